The number of carbonyl (C=O) groups excluding carboxylic acids is 1. The van der Waals surface area contributed by atoms with Gasteiger partial charge in [0.25, 0.3) is 0 Å². The van der Waals surface area contributed by atoms with E-state index in [9.17, 15) is 4.79 Å². The van der Waals surface area contributed by atoms with E-state index in [0.717, 1.165) is 12.8 Å². The minimum Gasteiger partial charge on any atom is -0.380 e. The van der Waals surface area contributed by atoms with Gasteiger partial charge in [-0.2, -0.15) is 0 Å². The number of halogens is 1. The standard InChI is InChI=1S/C11H24N2O2.ClH/c1-5-11(3,6-2)13-10(14)7-9(8-12)15-4;/h9H,5-8,12H2,1-4H3,(H,13,14);1H. The molecule has 0 aliphatic rings. The van der Waals surface area contributed by atoms with Gasteiger partial charge in [0, 0.05) is 19.2 Å². The molecule has 0 saturated carbocycles. The molecule has 1 amide bonds. The Balaban J connectivity index is 0. The van der Waals surface area contributed by atoms with E-state index in [1.807, 2.05) is 0 Å². The third-order valence-corrected chi connectivity index (χ3v) is 3.01. The molecule has 1 atom stereocenters. The molecule has 98 valence electrons. The maximum absolute atomic E-state index is 11.7. The van der Waals surface area contributed by atoms with Crippen LogP contribution in [0.4, 0.5) is 0 Å². The number of amides is 1. The van der Waals surface area contributed by atoms with E-state index < -0.39 is 0 Å². The first-order chi connectivity index (χ1) is 7.01. The van der Waals surface area contributed by atoms with Crippen molar-refractivity contribution in [1.29, 1.82) is 0 Å². The Labute approximate surface area is 105 Å². The van der Waals surface area contributed by atoms with Gasteiger partial charge < -0.3 is 15.8 Å². The van der Waals surface area contributed by atoms with E-state index in [2.05, 4.69) is 26.1 Å². The number of nitrogens with one attached hydrogen (secondary N) is 1. The second kappa shape index (κ2) is 8.79. The molecule has 0 rings (SSSR count). The maximum Gasteiger partial charge on any atom is 0.223 e. The highest BCUT2D eigenvalue weighted by Crippen LogP contribution is 2.13. The van der Waals surface area contributed by atoms with Crippen LogP contribution >= 0.6 is 12.4 Å². The maximum atomic E-state index is 11.7. The SMILES string of the molecule is CCC(C)(CC)NC(=O)CC(CN)OC.Cl. The van der Waals surface area contributed by atoms with Gasteiger partial charge in [-0.1, -0.05) is 13.8 Å². The molecule has 0 bridgehead atoms. The average Bonchev–Trinajstić information content (AvgIpc) is 2.25. The van der Waals surface area contributed by atoms with Gasteiger partial charge in [-0.3, -0.25) is 4.79 Å². The summed E-state index contributed by atoms with van der Waals surface area (Å²) in [7, 11) is 1.57. The van der Waals surface area contributed by atoms with E-state index in [1.165, 1.54) is 0 Å². The number of rotatable bonds is 7. The lowest BCUT2D eigenvalue weighted by molar-refractivity contribution is -0.125. The van der Waals surface area contributed by atoms with E-state index in [-0.39, 0.29) is 30.0 Å². The molecule has 0 aromatic carbocycles. The normalized spacial score (nSPS) is 12.8. The van der Waals surface area contributed by atoms with Crippen molar-refractivity contribution in [3.63, 3.8) is 0 Å². The van der Waals surface area contributed by atoms with Crippen LogP contribution in [-0.2, 0) is 9.53 Å². The molecule has 0 aromatic rings. The molecule has 0 aliphatic carbocycles. The number of hydrogen-bond acceptors (Lipinski definition) is 3. The van der Waals surface area contributed by atoms with Crippen LogP contribution in [0.2, 0.25) is 0 Å². The van der Waals surface area contributed by atoms with E-state index in [4.69, 9.17) is 10.5 Å². The van der Waals surface area contributed by atoms with Crippen LogP contribution in [0, 0.1) is 0 Å². The number of methoxy groups -OCH3 is 1. The van der Waals surface area contributed by atoms with Crippen LogP contribution in [0.1, 0.15) is 40.0 Å². The van der Waals surface area contributed by atoms with Gasteiger partial charge in [-0.25, -0.2) is 0 Å². The average molecular weight is 253 g/mol. The zero-order valence-corrected chi connectivity index (χ0v) is 11.5. The van der Waals surface area contributed by atoms with Gasteiger partial charge in [-0.05, 0) is 19.8 Å². The number of nitrogens with two attached hydrogens (primary N) is 1. The van der Waals surface area contributed by atoms with Gasteiger partial charge >= 0.3 is 0 Å². The van der Waals surface area contributed by atoms with Crippen LogP contribution in [0.5, 0.6) is 0 Å². The smallest absolute Gasteiger partial charge is 0.223 e. The summed E-state index contributed by atoms with van der Waals surface area (Å²) in [6, 6.07) is 0. The lowest BCUT2D eigenvalue weighted by atomic mass is 9.95. The highest BCUT2D eigenvalue weighted by atomic mass is 35.5. The zero-order chi connectivity index (χ0) is 11.9. The summed E-state index contributed by atoms with van der Waals surface area (Å²) in [5.41, 5.74) is 5.35. The molecule has 1 unspecified atom stereocenters. The number of carbonyl (C=O) groups is 1. The molecule has 0 aliphatic heterocycles. The van der Waals surface area contributed by atoms with E-state index in [0.29, 0.717) is 13.0 Å². The van der Waals surface area contributed by atoms with Gasteiger partial charge in [0.15, 0.2) is 0 Å². The minimum atomic E-state index is -0.178. The Morgan fingerprint density at radius 1 is 1.44 bits per heavy atom. The molecule has 0 aromatic heterocycles. The fourth-order valence-corrected chi connectivity index (χ4v) is 1.28. The Bertz CT molecular complexity index is 192. The van der Waals surface area contributed by atoms with E-state index in [1.54, 1.807) is 7.11 Å². The molecule has 0 spiro atoms. The number of ether oxygens (including phenoxy) is 1. The van der Waals surface area contributed by atoms with Gasteiger partial charge in [0.2, 0.25) is 5.91 Å². The predicted molar refractivity (Wildman–Crippen MR) is 68.8 cm³/mol. The van der Waals surface area contributed by atoms with Crippen molar-refractivity contribution in [2.45, 2.75) is 51.7 Å². The lowest BCUT2D eigenvalue weighted by Gasteiger charge is -2.29. The molecule has 16 heavy (non-hydrogen) atoms. The van der Waals surface area contributed by atoms with E-state index >= 15 is 0 Å². The second-order valence-electron chi connectivity index (χ2n) is 4.11. The Morgan fingerprint density at radius 3 is 2.25 bits per heavy atom. The van der Waals surface area contributed by atoms with Crippen molar-refractivity contribution < 1.29 is 9.53 Å². The molecular weight excluding hydrogens is 228 g/mol. The lowest BCUT2D eigenvalue weighted by Crippen LogP contribution is -2.46. The van der Waals surface area contributed by atoms with Crippen molar-refractivity contribution in [3.8, 4) is 0 Å². The van der Waals surface area contributed by atoms with Gasteiger partial charge in [0.1, 0.15) is 0 Å². The van der Waals surface area contributed by atoms with Crippen LogP contribution in [0.3, 0.4) is 0 Å². The Kier molecular flexibility index (Phi) is 9.92. The monoisotopic (exact) mass is 252 g/mol. The van der Waals surface area contributed by atoms with Crippen molar-refractivity contribution in [2.75, 3.05) is 13.7 Å². The fourth-order valence-electron chi connectivity index (χ4n) is 1.28. The van der Waals surface area contributed by atoms with Crippen LogP contribution in [0.25, 0.3) is 0 Å². The summed E-state index contributed by atoms with van der Waals surface area (Å²) in [5, 5.41) is 3.02. The predicted octanol–water partition coefficient (Wildman–Crippen LogP) is 1.47. The molecule has 0 fully saturated rings. The van der Waals surface area contributed by atoms with Crippen LogP contribution < -0.4 is 11.1 Å². The largest absolute Gasteiger partial charge is 0.380 e. The topological polar surface area (TPSA) is 64.4 Å². The highest BCUT2D eigenvalue weighted by molar-refractivity contribution is 5.85. The van der Waals surface area contributed by atoms with Crippen LogP contribution in [-0.4, -0.2) is 31.2 Å². The van der Waals surface area contributed by atoms with Crippen molar-refractivity contribution in [1.82, 2.24) is 5.32 Å². The van der Waals surface area contributed by atoms with Crippen LogP contribution in [0.15, 0.2) is 0 Å². The Hall–Kier alpha value is -0.320. The second-order valence-corrected chi connectivity index (χ2v) is 4.11. The molecule has 0 heterocycles. The fraction of sp³-hybridized carbons (Fsp3) is 0.909. The molecule has 4 nitrogen and oxygen atoms in total. The molecule has 0 radical (unpaired) electrons. The first-order valence-electron chi connectivity index (χ1n) is 5.55. The molecule has 5 heteroatoms. The molecular formula is C11H25ClN2O2. The number of hydrogen-bond donors (Lipinski definition) is 2. The third-order valence-electron chi connectivity index (χ3n) is 3.01. The third kappa shape index (κ3) is 6.30. The summed E-state index contributed by atoms with van der Waals surface area (Å²) >= 11 is 0. The molecule has 3 N–H and O–H groups in total. The van der Waals surface area contributed by atoms with Crippen molar-refractivity contribution >= 4 is 18.3 Å². The summed E-state index contributed by atoms with van der Waals surface area (Å²) in [5.74, 6) is 0.0125. The first kappa shape index (κ1) is 18.1. The first-order valence-corrected chi connectivity index (χ1v) is 5.55. The summed E-state index contributed by atoms with van der Waals surface area (Å²) in [6.07, 6.45) is 2.01. The summed E-state index contributed by atoms with van der Waals surface area (Å²) in [4.78, 5) is 11.7. The summed E-state index contributed by atoms with van der Waals surface area (Å²) < 4.78 is 5.07. The highest BCUT2D eigenvalue weighted by Gasteiger charge is 2.23. The zero-order valence-electron chi connectivity index (χ0n) is 10.7. The van der Waals surface area contributed by atoms with Gasteiger partial charge in [0.05, 0.1) is 12.5 Å². The quantitative estimate of drug-likeness (QED) is 0.721. The Morgan fingerprint density at radius 2 is 1.94 bits per heavy atom. The molecule has 0 saturated heterocycles. The van der Waals surface area contributed by atoms with Gasteiger partial charge in [-0.15, -0.1) is 12.4 Å². The summed E-state index contributed by atoms with van der Waals surface area (Å²) in [6.45, 7) is 6.56. The van der Waals surface area contributed by atoms with Crippen molar-refractivity contribution in [3.05, 3.63) is 0 Å². The van der Waals surface area contributed by atoms with Crippen molar-refractivity contribution in [2.24, 2.45) is 5.73 Å². The minimum absolute atomic E-state index is 0.